The number of carbonyl (C=O) groups excluding carboxylic acids is 2. The van der Waals surface area contributed by atoms with Crippen LogP contribution in [0.15, 0.2) is 47.6 Å². The summed E-state index contributed by atoms with van der Waals surface area (Å²) in [4.78, 5) is 24.4. The first kappa shape index (κ1) is 17.7. The summed E-state index contributed by atoms with van der Waals surface area (Å²) in [5.74, 6) is -1.25. The second-order valence-electron chi connectivity index (χ2n) is 7.16. The third-order valence-corrected chi connectivity index (χ3v) is 5.18. The average Bonchev–Trinajstić information content (AvgIpc) is 3.11. The maximum absolute atomic E-state index is 12.3. The molecule has 5 heteroatoms. The van der Waals surface area contributed by atoms with Crippen LogP contribution in [-0.4, -0.2) is 35.9 Å². The van der Waals surface area contributed by atoms with Crippen LogP contribution < -0.4 is 0 Å². The monoisotopic (exact) mass is 344 g/mol. The van der Waals surface area contributed by atoms with Gasteiger partial charge in [0.05, 0.1) is 11.5 Å². The summed E-state index contributed by atoms with van der Waals surface area (Å²) >= 11 is 0. The molecule has 0 spiro atoms. The molecule has 0 radical (unpaired) electrons. The number of ether oxygens (including phenoxy) is 3. The van der Waals surface area contributed by atoms with E-state index in [2.05, 4.69) is 6.58 Å². The molecule has 5 nitrogen and oxygen atoms in total. The van der Waals surface area contributed by atoms with Crippen molar-refractivity contribution in [2.24, 2.45) is 5.92 Å². The van der Waals surface area contributed by atoms with Crippen molar-refractivity contribution in [3.05, 3.63) is 47.6 Å². The summed E-state index contributed by atoms with van der Waals surface area (Å²) in [6.45, 7) is 11.3. The molecule has 2 fully saturated rings. The van der Waals surface area contributed by atoms with Gasteiger partial charge >= 0.3 is 11.9 Å². The van der Waals surface area contributed by atoms with Crippen molar-refractivity contribution >= 4 is 11.9 Å². The molecule has 2 saturated heterocycles. The molecule has 0 saturated carbocycles. The van der Waals surface area contributed by atoms with Gasteiger partial charge in [0.2, 0.25) is 0 Å². The Kier molecular flexibility index (Phi) is 4.45. The highest BCUT2D eigenvalue weighted by Crippen LogP contribution is 2.46. The Morgan fingerprint density at radius 3 is 2.88 bits per heavy atom. The van der Waals surface area contributed by atoms with Crippen molar-refractivity contribution in [3.63, 3.8) is 0 Å². The largest absolute Gasteiger partial charge is 0.458 e. The molecule has 0 aromatic carbocycles. The van der Waals surface area contributed by atoms with Gasteiger partial charge in [-0.2, -0.15) is 0 Å². The molecule has 3 rings (SSSR count). The van der Waals surface area contributed by atoms with Crippen LogP contribution in [0.3, 0.4) is 0 Å². The number of esters is 2. The van der Waals surface area contributed by atoms with E-state index in [4.69, 9.17) is 14.2 Å². The summed E-state index contributed by atoms with van der Waals surface area (Å²) in [7, 11) is 0. The number of allylic oxidation sites excluding steroid dienone is 3. The quantitative estimate of drug-likeness (QED) is 0.438. The van der Waals surface area contributed by atoms with E-state index in [0.717, 1.165) is 5.57 Å². The number of epoxide rings is 1. The number of hydrogen-bond donors (Lipinski definition) is 0. The number of rotatable bonds is 2. The fraction of sp³-hybridized carbons (Fsp3) is 0.500. The highest BCUT2D eigenvalue weighted by atomic mass is 16.6. The molecule has 3 aliphatic rings. The first-order valence-electron chi connectivity index (χ1n) is 8.53. The van der Waals surface area contributed by atoms with Crippen LogP contribution in [0.1, 0.15) is 34.1 Å². The fourth-order valence-corrected chi connectivity index (χ4v) is 3.39. The van der Waals surface area contributed by atoms with Gasteiger partial charge in [-0.25, -0.2) is 9.59 Å². The van der Waals surface area contributed by atoms with Crippen LogP contribution in [-0.2, 0) is 23.8 Å². The molecule has 0 N–H and O–H groups in total. The molecule has 134 valence electrons. The molecule has 0 aromatic rings. The fourth-order valence-electron chi connectivity index (χ4n) is 3.39. The van der Waals surface area contributed by atoms with Crippen LogP contribution in [0.5, 0.6) is 0 Å². The van der Waals surface area contributed by atoms with Gasteiger partial charge in [-0.3, -0.25) is 0 Å². The van der Waals surface area contributed by atoms with E-state index in [9.17, 15) is 9.59 Å². The third kappa shape index (κ3) is 3.33. The van der Waals surface area contributed by atoms with Crippen molar-refractivity contribution in [1.82, 2.24) is 0 Å². The molecule has 5 atom stereocenters. The number of carbonyl (C=O) groups is 2. The lowest BCUT2D eigenvalue weighted by Crippen LogP contribution is -2.36. The lowest BCUT2D eigenvalue weighted by atomic mass is 9.83. The smallest absolute Gasteiger partial charge is 0.334 e. The Morgan fingerprint density at radius 1 is 1.48 bits per heavy atom. The molecule has 25 heavy (non-hydrogen) atoms. The standard InChI is InChI=1S/C20H24O5/c1-6-12(3)18(21)24-15-10-20(5)16(25-20)8-7-11(2)9-14-17(15)13(4)19(22)23-14/h6-9,14-17H,4,10H2,1-3,5H3. The third-order valence-electron chi connectivity index (χ3n) is 5.18. The summed E-state index contributed by atoms with van der Waals surface area (Å²) in [6, 6.07) is 0. The van der Waals surface area contributed by atoms with E-state index >= 15 is 0 Å². The van der Waals surface area contributed by atoms with Crippen molar-refractivity contribution < 1.29 is 23.8 Å². The van der Waals surface area contributed by atoms with Crippen LogP contribution >= 0.6 is 0 Å². The molecular formula is C20H24O5. The van der Waals surface area contributed by atoms with Gasteiger partial charge in [-0.15, -0.1) is 0 Å². The van der Waals surface area contributed by atoms with Crippen molar-refractivity contribution in [3.8, 4) is 0 Å². The maximum atomic E-state index is 12.3. The summed E-state index contributed by atoms with van der Waals surface area (Å²) in [5, 5.41) is 0. The van der Waals surface area contributed by atoms with E-state index in [-0.39, 0.29) is 6.10 Å². The Hall–Kier alpha value is -2.14. The zero-order chi connectivity index (χ0) is 18.4. The molecule has 2 heterocycles. The van der Waals surface area contributed by atoms with Crippen LogP contribution in [0.4, 0.5) is 0 Å². The minimum absolute atomic E-state index is 0.0253. The normalized spacial score (nSPS) is 37.6. The molecule has 0 amide bonds. The van der Waals surface area contributed by atoms with Gasteiger partial charge in [0, 0.05) is 17.6 Å². The lowest BCUT2D eigenvalue weighted by molar-refractivity contribution is -0.148. The zero-order valence-electron chi connectivity index (χ0n) is 15.1. The topological polar surface area (TPSA) is 65.1 Å². The van der Waals surface area contributed by atoms with Crippen molar-refractivity contribution in [2.45, 2.75) is 58.0 Å². The maximum Gasteiger partial charge on any atom is 0.334 e. The van der Waals surface area contributed by atoms with Gasteiger partial charge in [-0.05, 0) is 33.8 Å². The molecule has 5 unspecified atom stereocenters. The van der Waals surface area contributed by atoms with E-state index in [0.29, 0.717) is 17.6 Å². The molecule has 0 bridgehead atoms. The SMILES string of the molecule is C=C1C(=O)OC2C=C(C)C=CC3OC3(C)CC(OC(=O)C(C)=CC)C12. The van der Waals surface area contributed by atoms with Crippen molar-refractivity contribution in [2.75, 3.05) is 0 Å². The second-order valence-corrected chi connectivity index (χ2v) is 7.16. The summed E-state index contributed by atoms with van der Waals surface area (Å²) < 4.78 is 17.1. The van der Waals surface area contributed by atoms with Gasteiger partial charge in [0.15, 0.2) is 0 Å². The van der Waals surface area contributed by atoms with Gasteiger partial charge < -0.3 is 14.2 Å². The molecular weight excluding hydrogens is 320 g/mol. The Labute approximate surface area is 148 Å². The first-order valence-corrected chi connectivity index (χ1v) is 8.53. The van der Waals surface area contributed by atoms with Crippen LogP contribution in [0, 0.1) is 5.92 Å². The second kappa shape index (κ2) is 6.30. The van der Waals surface area contributed by atoms with Gasteiger partial charge in [0.1, 0.15) is 18.3 Å². The van der Waals surface area contributed by atoms with Crippen molar-refractivity contribution in [1.29, 1.82) is 0 Å². The first-order chi connectivity index (χ1) is 11.7. The Balaban J connectivity index is 1.97. The number of fused-ring (bicyclic) bond motifs is 2. The Morgan fingerprint density at radius 2 is 2.20 bits per heavy atom. The predicted octanol–water partition coefficient (Wildman–Crippen LogP) is 3.03. The van der Waals surface area contributed by atoms with Gasteiger partial charge in [-0.1, -0.05) is 30.4 Å². The number of hydrogen-bond acceptors (Lipinski definition) is 5. The predicted molar refractivity (Wildman–Crippen MR) is 92.6 cm³/mol. The Bertz CT molecular complexity index is 714. The van der Waals surface area contributed by atoms with E-state index in [1.807, 2.05) is 32.1 Å². The van der Waals surface area contributed by atoms with Gasteiger partial charge in [0.25, 0.3) is 0 Å². The zero-order valence-corrected chi connectivity index (χ0v) is 15.1. The van der Waals surface area contributed by atoms with Crippen LogP contribution in [0.25, 0.3) is 0 Å². The van der Waals surface area contributed by atoms with Crippen LogP contribution in [0.2, 0.25) is 0 Å². The van der Waals surface area contributed by atoms with E-state index < -0.39 is 35.7 Å². The highest BCUT2D eigenvalue weighted by molar-refractivity contribution is 5.92. The highest BCUT2D eigenvalue weighted by Gasteiger charge is 2.56. The minimum atomic E-state index is -0.545. The minimum Gasteiger partial charge on any atom is -0.458 e. The lowest BCUT2D eigenvalue weighted by Gasteiger charge is -2.28. The molecule has 0 aromatic heterocycles. The van der Waals surface area contributed by atoms with E-state index in [1.54, 1.807) is 19.9 Å². The molecule has 2 aliphatic heterocycles. The molecule has 1 aliphatic carbocycles. The van der Waals surface area contributed by atoms with E-state index in [1.165, 1.54) is 0 Å². The summed E-state index contributed by atoms with van der Waals surface area (Å²) in [5.41, 5.74) is 1.41. The average molecular weight is 344 g/mol. The summed E-state index contributed by atoms with van der Waals surface area (Å²) in [6.07, 6.45) is 6.97.